The molecule has 0 unspecified atom stereocenters. The lowest BCUT2D eigenvalue weighted by Crippen LogP contribution is -2.48. The molecule has 0 saturated carbocycles. The van der Waals surface area contributed by atoms with E-state index in [1.54, 1.807) is 7.11 Å². The molecule has 1 aliphatic rings. The number of benzene rings is 1. The Labute approximate surface area is 306 Å². The molecule has 0 aliphatic carbocycles. The molecule has 1 aliphatic heterocycles. The van der Waals surface area contributed by atoms with Crippen LogP contribution >= 0.6 is 0 Å². The molecule has 1 saturated heterocycles. The van der Waals surface area contributed by atoms with E-state index >= 15 is 0 Å². The Kier molecular flexibility index (Phi) is 15.9. The first-order chi connectivity index (χ1) is 25.1. The van der Waals surface area contributed by atoms with Crippen molar-refractivity contribution in [3.8, 4) is 5.75 Å². The Hall–Kier alpha value is -4.47. The number of nitrogens with zero attached hydrogens (tertiary/aromatic N) is 5. The van der Waals surface area contributed by atoms with Crippen molar-refractivity contribution in [2.45, 2.75) is 96.3 Å². The van der Waals surface area contributed by atoms with Gasteiger partial charge in [-0.05, 0) is 62.3 Å². The van der Waals surface area contributed by atoms with Gasteiger partial charge in [-0.1, -0.05) is 25.8 Å². The molecule has 3 heterocycles. The average Bonchev–Trinajstić information content (AvgIpc) is 3.52. The zero-order chi connectivity index (χ0) is 37.5. The monoisotopic (exact) mass is 723 g/mol. The van der Waals surface area contributed by atoms with Crippen LogP contribution in [0.4, 0.5) is 11.8 Å². The number of methoxy groups -OCH3 is 1. The predicted octanol–water partition coefficient (Wildman–Crippen LogP) is 2.94. The maximum absolute atomic E-state index is 12.9. The van der Waals surface area contributed by atoms with Gasteiger partial charge in [0.15, 0.2) is 5.82 Å². The number of nitrogens with one attached hydrogen (secondary N) is 2. The number of nitrogen functional groups attached to an aromatic ring is 1. The van der Waals surface area contributed by atoms with Crippen molar-refractivity contribution < 1.29 is 29.3 Å². The number of hydrogen-bond donors (Lipinski definition) is 6. The molecule has 0 radical (unpaired) electrons. The molecule has 286 valence electrons. The Morgan fingerprint density at radius 2 is 1.77 bits per heavy atom. The number of aliphatic hydroxyl groups excluding tert-OH is 1. The summed E-state index contributed by atoms with van der Waals surface area (Å²) in [5.41, 5.74) is 15.3. The van der Waals surface area contributed by atoms with E-state index in [0.717, 1.165) is 66.8 Å². The number of nitrogens with two attached hydrogens (primary N) is 2. The van der Waals surface area contributed by atoms with E-state index in [2.05, 4.69) is 49.1 Å². The SMILES string of the molecule is CCCC[C@@H](CCO)Nc1nc(N)nc2ccn(Cc3cc(CN4CCN(C(=O)CCCC(=O)NCCCC[C@H](N)C(=O)O)CC4)ccc3OC)c12. The Morgan fingerprint density at radius 3 is 2.48 bits per heavy atom. The second-order valence-electron chi connectivity index (χ2n) is 13.6. The number of aromatic nitrogens is 3. The highest BCUT2D eigenvalue weighted by Crippen LogP contribution is 2.28. The number of carboxylic acids is 1. The quantitative estimate of drug-likeness (QED) is 0.0826. The lowest BCUT2D eigenvalue weighted by atomic mass is 10.1. The summed E-state index contributed by atoms with van der Waals surface area (Å²) in [5, 5.41) is 24.9. The molecule has 2 atom stereocenters. The fourth-order valence-corrected chi connectivity index (χ4v) is 6.58. The van der Waals surface area contributed by atoms with Crippen LogP contribution in [0, 0.1) is 0 Å². The third kappa shape index (κ3) is 12.1. The van der Waals surface area contributed by atoms with Gasteiger partial charge in [0.25, 0.3) is 0 Å². The molecule has 52 heavy (non-hydrogen) atoms. The fourth-order valence-electron chi connectivity index (χ4n) is 6.58. The highest BCUT2D eigenvalue weighted by Gasteiger charge is 2.22. The number of amides is 2. The first-order valence-corrected chi connectivity index (χ1v) is 18.5. The van der Waals surface area contributed by atoms with Crippen LogP contribution in [0.15, 0.2) is 30.5 Å². The topological polar surface area (TPSA) is 214 Å². The van der Waals surface area contributed by atoms with E-state index in [-0.39, 0.29) is 36.8 Å². The van der Waals surface area contributed by atoms with Crippen molar-refractivity contribution in [1.29, 1.82) is 0 Å². The molecule has 2 amide bonds. The van der Waals surface area contributed by atoms with Crippen LogP contribution in [-0.4, -0.2) is 111 Å². The Balaban J connectivity index is 1.28. The normalized spacial score (nSPS) is 14.7. The first kappa shape index (κ1) is 40.3. The third-order valence-corrected chi connectivity index (χ3v) is 9.54. The molecular formula is C37H57N9O6. The van der Waals surface area contributed by atoms with Gasteiger partial charge in [0, 0.05) is 76.5 Å². The number of ether oxygens (including phenoxy) is 1. The van der Waals surface area contributed by atoms with E-state index in [4.69, 9.17) is 21.3 Å². The number of aliphatic hydroxyl groups is 1. The molecule has 2 aromatic heterocycles. The summed E-state index contributed by atoms with van der Waals surface area (Å²) in [6, 6.07) is 7.36. The van der Waals surface area contributed by atoms with E-state index < -0.39 is 12.0 Å². The van der Waals surface area contributed by atoms with E-state index in [1.807, 2.05) is 23.2 Å². The molecule has 3 aromatic rings. The average molecular weight is 724 g/mol. The number of unbranched alkanes of at least 4 members (excludes halogenated alkanes) is 2. The lowest BCUT2D eigenvalue weighted by Gasteiger charge is -2.35. The summed E-state index contributed by atoms with van der Waals surface area (Å²) in [6.07, 6.45) is 8.36. The van der Waals surface area contributed by atoms with Gasteiger partial charge < -0.3 is 46.5 Å². The van der Waals surface area contributed by atoms with Gasteiger partial charge in [0.1, 0.15) is 17.3 Å². The van der Waals surface area contributed by atoms with E-state index in [0.29, 0.717) is 70.5 Å². The molecule has 15 heteroatoms. The molecule has 1 fully saturated rings. The molecule has 8 N–H and O–H groups in total. The van der Waals surface area contributed by atoms with Gasteiger partial charge in [0.05, 0.1) is 19.2 Å². The number of anilines is 2. The zero-order valence-electron chi connectivity index (χ0n) is 30.7. The van der Waals surface area contributed by atoms with Gasteiger partial charge >= 0.3 is 5.97 Å². The second kappa shape index (κ2) is 20.5. The fraction of sp³-hybridized carbons (Fsp3) is 0.595. The molecule has 1 aromatic carbocycles. The van der Waals surface area contributed by atoms with Crippen LogP contribution in [0.25, 0.3) is 11.0 Å². The van der Waals surface area contributed by atoms with Gasteiger partial charge in [0.2, 0.25) is 17.8 Å². The molecular weight excluding hydrogens is 666 g/mol. The second-order valence-corrected chi connectivity index (χ2v) is 13.6. The van der Waals surface area contributed by atoms with Crippen LogP contribution < -0.4 is 26.8 Å². The molecule has 0 bridgehead atoms. The number of aliphatic carboxylic acids is 1. The Bertz CT molecular complexity index is 1610. The molecule has 0 spiro atoms. The lowest BCUT2D eigenvalue weighted by molar-refractivity contribution is -0.138. The number of piperazine rings is 1. The van der Waals surface area contributed by atoms with E-state index in [1.165, 1.54) is 0 Å². The van der Waals surface area contributed by atoms with Gasteiger partial charge in [-0.3, -0.25) is 19.3 Å². The zero-order valence-corrected chi connectivity index (χ0v) is 30.7. The summed E-state index contributed by atoms with van der Waals surface area (Å²) in [4.78, 5) is 49.1. The standard InChI is InChI=1S/C37H57N9O6/c1-3-4-8-28(15-22-47)41-35-34-30(42-37(39)43-35)14-17-46(34)25-27-23-26(12-13-31(27)52-2)24-44-18-20-45(21-19-44)33(49)11-7-10-32(48)40-16-6-5-9-29(38)36(50)51/h12-14,17,23,28-29,47H,3-11,15-16,18-22,24-25,38H2,1-2H3,(H,40,48)(H,50,51)(H3,39,41,42,43)/t28-,29-/m0/s1. The van der Waals surface area contributed by atoms with Crippen LogP contribution in [0.2, 0.25) is 0 Å². The van der Waals surface area contributed by atoms with Gasteiger partial charge in [-0.2, -0.15) is 4.98 Å². The number of carboxylic acid groups (broad SMARTS) is 1. The number of fused-ring (bicyclic) bond motifs is 1. The largest absolute Gasteiger partial charge is 0.496 e. The van der Waals surface area contributed by atoms with Gasteiger partial charge in [-0.15, -0.1) is 0 Å². The van der Waals surface area contributed by atoms with Crippen molar-refractivity contribution in [2.75, 3.05) is 57.5 Å². The van der Waals surface area contributed by atoms with Crippen LogP contribution in [0.5, 0.6) is 5.75 Å². The minimum Gasteiger partial charge on any atom is -0.496 e. The van der Waals surface area contributed by atoms with Crippen LogP contribution in [-0.2, 0) is 27.5 Å². The van der Waals surface area contributed by atoms with Crippen molar-refractivity contribution in [3.63, 3.8) is 0 Å². The minimum absolute atomic E-state index is 0.0621. The highest BCUT2D eigenvalue weighted by molar-refractivity contribution is 5.88. The summed E-state index contributed by atoms with van der Waals surface area (Å²) < 4.78 is 7.86. The van der Waals surface area contributed by atoms with Crippen LogP contribution in [0.3, 0.4) is 0 Å². The molecule has 4 rings (SSSR count). The highest BCUT2D eigenvalue weighted by atomic mass is 16.5. The number of hydrogen-bond acceptors (Lipinski definition) is 11. The summed E-state index contributed by atoms with van der Waals surface area (Å²) >= 11 is 0. The van der Waals surface area contributed by atoms with E-state index in [9.17, 15) is 19.5 Å². The van der Waals surface area contributed by atoms with Crippen LogP contribution in [0.1, 0.15) is 82.3 Å². The van der Waals surface area contributed by atoms with Crippen molar-refractivity contribution in [2.24, 2.45) is 5.73 Å². The van der Waals surface area contributed by atoms with Gasteiger partial charge in [-0.25, -0.2) is 4.98 Å². The number of carbonyl (C=O) groups is 3. The number of rotatable bonds is 22. The maximum Gasteiger partial charge on any atom is 0.320 e. The van der Waals surface area contributed by atoms with Crippen molar-refractivity contribution in [1.82, 2.24) is 29.7 Å². The predicted molar refractivity (Wildman–Crippen MR) is 201 cm³/mol. The third-order valence-electron chi connectivity index (χ3n) is 9.54. The Morgan fingerprint density at radius 1 is 0.981 bits per heavy atom. The van der Waals surface area contributed by atoms with Crippen molar-refractivity contribution in [3.05, 3.63) is 41.6 Å². The smallest absolute Gasteiger partial charge is 0.320 e. The summed E-state index contributed by atoms with van der Waals surface area (Å²) in [6.45, 7) is 6.74. The maximum atomic E-state index is 12.9. The minimum atomic E-state index is -1.02. The summed E-state index contributed by atoms with van der Waals surface area (Å²) in [7, 11) is 1.67. The number of carbonyl (C=O) groups excluding carboxylic acids is 2. The molecule has 15 nitrogen and oxygen atoms in total. The van der Waals surface area contributed by atoms with Crippen molar-refractivity contribution >= 4 is 40.6 Å². The summed E-state index contributed by atoms with van der Waals surface area (Å²) in [5.74, 6) is 0.572. The first-order valence-electron chi connectivity index (χ1n) is 18.5.